The highest BCUT2D eigenvalue weighted by molar-refractivity contribution is 5.83. The van der Waals surface area contributed by atoms with Crippen LogP contribution >= 0.6 is 0 Å². The quantitative estimate of drug-likeness (QED) is 0.716. The molecule has 2 heterocycles. The Hall–Kier alpha value is -1.30. The van der Waals surface area contributed by atoms with Gasteiger partial charge in [0.25, 0.3) is 0 Å². The Bertz CT molecular complexity index is 326. The lowest BCUT2D eigenvalue weighted by atomic mass is 10.0. The fraction of sp³-hybridized carbons (Fsp3) is 0.833. The van der Waals surface area contributed by atoms with Gasteiger partial charge in [0.05, 0.1) is 6.10 Å². The second-order valence-electron chi connectivity index (χ2n) is 5.04. The lowest BCUT2D eigenvalue weighted by Gasteiger charge is -2.39. The largest absolute Gasteiger partial charge is 0.480 e. The molecule has 18 heavy (non-hydrogen) atoms. The first-order valence-electron chi connectivity index (χ1n) is 6.56. The summed E-state index contributed by atoms with van der Waals surface area (Å²) in [4.78, 5) is 26.6. The van der Waals surface area contributed by atoms with Crippen LogP contribution in [0.25, 0.3) is 0 Å². The van der Waals surface area contributed by atoms with Crippen LogP contribution in [-0.4, -0.2) is 63.8 Å². The van der Waals surface area contributed by atoms with Crippen molar-refractivity contribution in [1.82, 2.24) is 9.80 Å². The third-order valence-corrected chi connectivity index (χ3v) is 3.77. The predicted octanol–water partition coefficient (Wildman–Crippen LogP) is 0.502. The van der Waals surface area contributed by atoms with Crippen LogP contribution < -0.4 is 0 Å². The summed E-state index contributed by atoms with van der Waals surface area (Å²) in [6.07, 6.45) is 3.10. The number of hydrogen-bond acceptors (Lipinski definition) is 3. The molecule has 2 amide bonds. The van der Waals surface area contributed by atoms with Gasteiger partial charge in [-0.05, 0) is 32.1 Å². The zero-order valence-corrected chi connectivity index (χ0v) is 10.4. The van der Waals surface area contributed by atoms with Crippen molar-refractivity contribution in [1.29, 1.82) is 0 Å². The van der Waals surface area contributed by atoms with Gasteiger partial charge in [-0.25, -0.2) is 9.59 Å². The zero-order valence-electron chi connectivity index (χ0n) is 10.4. The van der Waals surface area contributed by atoms with Crippen molar-refractivity contribution < 1.29 is 19.8 Å². The highest BCUT2D eigenvalue weighted by atomic mass is 16.4. The maximum atomic E-state index is 12.3. The second-order valence-corrected chi connectivity index (χ2v) is 5.04. The second kappa shape index (κ2) is 5.56. The molecule has 2 saturated heterocycles. The minimum atomic E-state index is -0.917. The highest BCUT2D eigenvalue weighted by Crippen LogP contribution is 2.20. The van der Waals surface area contributed by atoms with Gasteiger partial charge in [-0.3, -0.25) is 0 Å². The van der Waals surface area contributed by atoms with Crippen molar-refractivity contribution in [3.8, 4) is 0 Å². The molecule has 102 valence electrons. The highest BCUT2D eigenvalue weighted by Gasteiger charge is 2.35. The van der Waals surface area contributed by atoms with E-state index in [1.54, 1.807) is 4.90 Å². The Balaban J connectivity index is 2.00. The van der Waals surface area contributed by atoms with Crippen LogP contribution in [0.5, 0.6) is 0 Å². The van der Waals surface area contributed by atoms with Crippen LogP contribution in [0.3, 0.4) is 0 Å². The van der Waals surface area contributed by atoms with Crippen molar-refractivity contribution in [2.75, 3.05) is 19.6 Å². The molecule has 0 aromatic heterocycles. The van der Waals surface area contributed by atoms with E-state index in [1.807, 2.05) is 0 Å². The van der Waals surface area contributed by atoms with Gasteiger partial charge in [0.1, 0.15) is 6.04 Å². The summed E-state index contributed by atoms with van der Waals surface area (Å²) in [7, 11) is 0. The van der Waals surface area contributed by atoms with E-state index in [2.05, 4.69) is 0 Å². The normalized spacial score (nSPS) is 26.2. The number of urea groups is 1. The average Bonchev–Trinajstić information content (AvgIpc) is 2.39. The molecule has 1 atom stereocenters. The van der Waals surface area contributed by atoms with E-state index in [4.69, 9.17) is 5.11 Å². The van der Waals surface area contributed by atoms with Crippen LogP contribution in [0.1, 0.15) is 32.1 Å². The molecular formula is C12H20N2O4. The first kappa shape index (κ1) is 13.1. The number of aliphatic hydroxyl groups excluding tert-OH is 1. The molecule has 2 N–H and O–H groups in total. The Kier molecular flexibility index (Phi) is 4.06. The van der Waals surface area contributed by atoms with Crippen LogP contribution in [-0.2, 0) is 4.79 Å². The van der Waals surface area contributed by atoms with Crippen molar-refractivity contribution in [3.05, 3.63) is 0 Å². The molecule has 0 bridgehead atoms. The summed E-state index contributed by atoms with van der Waals surface area (Å²) in [6.45, 7) is 1.56. The molecule has 0 spiro atoms. The van der Waals surface area contributed by atoms with Crippen molar-refractivity contribution in [3.63, 3.8) is 0 Å². The monoisotopic (exact) mass is 256 g/mol. The van der Waals surface area contributed by atoms with Crippen molar-refractivity contribution >= 4 is 12.0 Å². The van der Waals surface area contributed by atoms with Gasteiger partial charge >= 0.3 is 12.0 Å². The number of carbonyl (C=O) groups is 2. The Labute approximate surface area is 106 Å². The van der Waals surface area contributed by atoms with Gasteiger partial charge in [0, 0.05) is 19.6 Å². The summed E-state index contributed by atoms with van der Waals surface area (Å²) < 4.78 is 0. The van der Waals surface area contributed by atoms with E-state index in [1.165, 1.54) is 4.90 Å². The fourth-order valence-electron chi connectivity index (χ4n) is 2.66. The number of hydrogen-bond donors (Lipinski definition) is 2. The number of aliphatic carboxylic acids is 1. The number of likely N-dealkylation sites (tertiary alicyclic amines) is 2. The fourth-order valence-corrected chi connectivity index (χ4v) is 2.66. The molecule has 1 unspecified atom stereocenters. The number of piperidine rings is 2. The van der Waals surface area contributed by atoms with E-state index in [0.717, 1.165) is 12.8 Å². The maximum absolute atomic E-state index is 12.3. The summed E-state index contributed by atoms with van der Waals surface area (Å²) in [6, 6.07) is -0.868. The number of carboxylic acid groups (broad SMARTS) is 1. The lowest BCUT2D eigenvalue weighted by Crippen LogP contribution is -2.54. The van der Waals surface area contributed by atoms with Crippen LogP contribution in [0, 0.1) is 0 Å². The molecular weight excluding hydrogens is 236 g/mol. The Morgan fingerprint density at radius 3 is 2.28 bits per heavy atom. The summed E-state index contributed by atoms with van der Waals surface area (Å²) >= 11 is 0. The molecule has 6 nitrogen and oxygen atoms in total. The first-order valence-corrected chi connectivity index (χ1v) is 6.56. The Morgan fingerprint density at radius 1 is 1.00 bits per heavy atom. The van der Waals surface area contributed by atoms with Gasteiger partial charge in [-0.15, -0.1) is 0 Å². The van der Waals surface area contributed by atoms with Crippen molar-refractivity contribution in [2.45, 2.75) is 44.2 Å². The predicted molar refractivity (Wildman–Crippen MR) is 64.2 cm³/mol. The third kappa shape index (κ3) is 2.75. The van der Waals surface area contributed by atoms with Crippen LogP contribution in [0.4, 0.5) is 4.79 Å². The van der Waals surface area contributed by atoms with Crippen LogP contribution in [0.15, 0.2) is 0 Å². The number of carbonyl (C=O) groups excluding carboxylic acids is 1. The van der Waals surface area contributed by atoms with Gasteiger partial charge in [-0.1, -0.05) is 0 Å². The molecule has 6 heteroatoms. The third-order valence-electron chi connectivity index (χ3n) is 3.77. The number of amides is 2. The van der Waals surface area contributed by atoms with E-state index < -0.39 is 12.0 Å². The van der Waals surface area contributed by atoms with Gasteiger partial charge in [-0.2, -0.15) is 0 Å². The SMILES string of the molecule is O=C(O)C1CCCCN1C(=O)N1CCC(O)CC1. The van der Waals surface area contributed by atoms with Gasteiger partial charge in [0.2, 0.25) is 0 Å². The standard InChI is InChI=1S/C12H20N2O4/c15-9-4-7-13(8-5-9)12(18)14-6-2-1-3-10(14)11(16)17/h9-10,15H,1-8H2,(H,16,17). The molecule has 2 aliphatic heterocycles. The molecule has 0 saturated carbocycles. The minimum Gasteiger partial charge on any atom is -0.480 e. The molecule has 2 fully saturated rings. The number of nitrogens with zero attached hydrogens (tertiary/aromatic N) is 2. The molecule has 0 aromatic rings. The van der Waals surface area contributed by atoms with E-state index in [-0.39, 0.29) is 12.1 Å². The summed E-state index contributed by atoms with van der Waals surface area (Å²) in [5.41, 5.74) is 0. The molecule has 2 rings (SSSR count). The molecule has 2 aliphatic rings. The van der Waals surface area contributed by atoms with Gasteiger partial charge < -0.3 is 20.0 Å². The van der Waals surface area contributed by atoms with E-state index in [0.29, 0.717) is 38.9 Å². The maximum Gasteiger partial charge on any atom is 0.326 e. The Morgan fingerprint density at radius 2 is 1.67 bits per heavy atom. The van der Waals surface area contributed by atoms with Crippen molar-refractivity contribution in [2.24, 2.45) is 0 Å². The summed E-state index contributed by atoms with van der Waals surface area (Å²) in [5, 5.41) is 18.6. The van der Waals surface area contributed by atoms with E-state index >= 15 is 0 Å². The molecule has 0 aromatic carbocycles. The first-order chi connectivity index (χ1) is 8.59. The van der Waals surface area contributed by atoms with Crippen LogP contribution in [0.2, 0.25) is 0 Å². The molecule has 0 aliphatic carbocycles. The average molecular weight is 256 g/mol. The summed E-state index contributed by atoms with van der Waals surface area (Å²) in [5.74, 6) is -0.917. The lowest BCUT2D eigenvalue weighted by molar-refractivity contribution is -0.143. The topological polar surface area (TPSA) is 81.1 Å². The van der Waals surface area contributed by atoms with Gasteiger partial charge in [0.15, 0.2) is 0 Å². The smallest absolute Gasteiger partial charge is 0.326 e. The minimum absolute atomic E-state index is 0.186. The zero-order chi connectivity index (χ0) is 13.1. The number of rotatable bonds is 1. The number of aliphatic hydroxyl groups is 1. The number of carboxylic acids is 1. The van der Waals surface area contributed by atoms with E-state index in [9.17, 15) is 14.7 Å². The molecule has 0 radical (unpaired) electrons.